The van der Waals surface area contributed by atoms with Crippen LogP contribution in [-0.2, 0) is 4.79 Å². The first-order valence-electron chi connectivity index (χ1n) is 7.43. The van der Waals surface area contributed by atoms with Crippen LogP contribution >= 0.6 is 40.1 Å². The second-order valence-corrected chi connectivity index (χ2v) is 7.52. The van der Waals surface area contributed by atoms with Crippen molar-refractivity contribution < 1.29 is 4.79 Å². The van der Waals surface area contributed by atoms with Crippen LogP contribution in [0.2, 0.25) is 0 Å². The van der Waals surface area contributed by atoms with Crippen LogP contribution in [0.25, 0.3) is 0 Å². The Labute approximate surface area is 151 Å². The molecule has 1 atom stereocenters. The van der Waals surface area contributed by atoms with Crippen molar-refractivity contribution in [3.63, 3.8) is 0 Å². The molecular weight excluding hydrogens is 384 g/mol. The summed E-state index contributed by atoms with van der Waals surface area (Å²) in [6, 6.07) is 4.25. The Morgan fingerprint density at radius 3 is 2.86 bits per heavy atom. The Balaban J connectivity index is 0.00000242. The second-order valence-electron chi connectivity index (χ2n) is 5.65. The van der Waals surface area contributed by atoms with E-state index >= 15 is 0 Å². The van der Waals surface area contributed by atoms with E-state index in [1.54, 1.807) is 11.8 Å². The van der Waals surface area contributed by atoms with Crippen molar-refractivity contribution in [1.29, 1.82) is 0 Å². The van der Waals surface area contributed by atoms with Gasteiger partial charge in [0.2, 0.25) is 5.91 Å². The van der Waals surface area contributed by atoms with Crippen molar-refractivity contribution in [1.82, 2.24) is 10.6 Å². The van der Waals surface area contributed by atoms with Gasteiger partial charge < -0.3 is 10.6 Å². The number of aryl methyl sites for hydroxylation is 2. The Kier molecular flexibility index (Phi) is 8.83. The molecule has 1 fully saturated rings. The van der Waals surface area contributed by atoms with E-state index in [0.29, 0.717) is 5.75 Å². The average molecular weight is 408 g/mol. The van der Waals surface area contributed by atoms with E-state index in [0.717, 1.165) is 36.4 Å². The minimum atomic E-state index is 0. The zero-order valence-corrected chi connectivity index (χ0v) is 16.3. The lowest BCUT2D eigenvalue weighted by Crippen LogP contribution is -2.27. The summed E-state index contributed by atoms with van der Waals surface area (Å²) >= 11 is 5.15. The minimum absolute atomic E-state index is 0. The zero-order valence-electron chi connectivity index (χ0n) is 13.1. The van der Waals surface area contributed by atoms with Crippen LogP contribution in [0.1, 0.15) is 24.0 Å². The van der Waals surface area contributed by atoms with Gasteiger partial charge in [-0.2, -0.15) is 0 Å². The molecule has 2 rings (SSSR count). The van der Waals surface area contributed by atoms with Crippen molar-refractivity contribution in [2.24, 2.45) is 5.92 Å². The number of benzene rings is 1. The normalized spacial score (nSPS) is 17.1. The van der Waals surface area contributed by atoms with E-state index < -0.39 is 0 Å². The molecule has 1 aromatic rings. The Bertz CT molecular complexity index is 507. The first-order valence-corrected chi connectivity index (χ1v) is 9.21. The zero-order chi connectivity index (χ0) is 15.2. The van der Waals surface area contributed by atoms with Crippen molar-refractivity contribution >= 4 is 46.0 Å². The van der Waals surface area contributed by atoms with E-state index in [9.17, 15) is 4.79 Å². The van der Waals surface area contributed by atoms with Crippen molar-refractivity contribution in [3.05, 3.63) is 27.7 Å². The number of carbonyl (C=O) groups excluding carboxylic acids is 1. The maximum atomic E-state index is 11.9. The molecule has 0 aliphatic carbocycles. The molecule has 1 amide bonds. The summed E-state index contributed by atoms with van der Waals surface area (Å²) in [4.78, 5) is 13.1. The van der Waals surface area contributed by atoms with E-state index in [1.807, 2.05) is 0 Å². The van der Waals surface area contributed by atoms with Crippen molar-refractivity contribution in [3.8, 4) is 0 Å². The molecule has 0 aromatic heterocycles. The van der Waals surface area contributed by atoms with Crippen LogP contribution < -0.4 is 10.6 Å². The number of nitrogens with one attached hydrogen (secondary N) is 2. The van der Waals surface area contributed by atoms with Gasteiger partial charge in [0.15, 0.2) is 0 Å². The Morgan fingerprint density at radius 1 is 1.41 bits per heavy atom. The molecule has 2 N–H and O–H groups in total. The third-order valence-electron chi connectivity index (χ3n) is 3.85. The minimum Gasteiger partial charge on any atom is -0.355 e. The van der Waals surface area contributed by atoms with Gasteiger partial charge in [0, 0.05) is 15.9 Å². The SMILES string of the molecule is Cc1cc(SCC(=O)NCCC2CCNC2)c(C)cc1Br.Cl. The summed E-state index contributed by atoms with van der Waals surface area (Å²) in [6.45, 7) is 7.17. The number of thioether (sulfide) groups is 1. The van der Waals surface area contributed by atoms with Crippen LogP contribution in [0.3, 0.4) is 0 Å². The van der Waals surface area contributed by atoms with Gasteiger partial charge in [-0.15, -0.1) is 24.2 Å². The first kappa shape index (κ1) is 19.8. The Hall–Kier alpha value is -0.230. The highest BCUT2D eigenvalue weighted by Gasteiger charge is 2.14. The fourth-order valence-corrected chi connectivity index (χ4v) is 3.87. The summed E-state index contributed by atoms with van der Waals surface area (Å²) < 4.78 is 1.12. The van der Waals surface area contributed by atoms with Gasteiger partial charge in [-0.25, -0.2) is 0 Å². The summed E-state index contributed by atoms with van der Waals surface area (Å²) in [7, 11) is 0. The van der Waals surface area contributed by atoms with Crippen LogP contribution in [0.5, 0.6) is 0 Å². The van der Waals surface area contributed by atoms with Gasteiger partial charge in [-0.1, -0.05) is 15.9 Å². The van der Waals surface area contributed by atoms with Crippen LogP contribution in [0.15, 0.2) is 21.5 Å². The molecule has 0 bridgehead atoms. The number of hydrogen-bond donors (Lipinski definition) is 2. The predicted molar refractivity (Wildman–Crippen MR) is 100 cm³/mol. The highest BCUT2D eigenvalue weighted by Crippen LogP contribution is 2.28. The molecule has 3 nitrogen and oxygen atoms in total. The molecule has 0 saturated carbocycles. The standard InChI is InChI=1S/C16H23BrN2OS.ClH/c1-11-8-15(12(2)7-14(11)17)21-10-16(20)19-6-4-13-3-5-18-9-13;/h7-8,13,18H,3-6,9-10H2,1-2H3,(H,19,20);1H. The van der Waals surface area contributed by atoms with Gasteiger partial charge in [0.25, 0.3) is 0 Å². The molecule has 1 saturated heterocycles. The maximum absolute atomic E-state index is 11.9. The third kappa shape index (κ3) is 6.11. The summed E-state index contributed by atoms with van der Waals surface area (Å²) in [5.74, 6) is 1.35. The highest BCUT2D eigenvalue weighted by molar-refractivity contribution is 9.10. The largest absolute Gasteiger partial charge is 0.355 e. The molecule has 1 heterocycles. The van der Waals surface area contributed by atoms with E-state index in [1.165, 1.54) is 22.4 Å². The van der Waals surface area contributed by atoms with Gasteiger partial charge in [-0.05, 0) is 69.0 Å². The average Bonchev–Trinajstić information content (AvgIpc) is 2.94. The van der Waals surface area contributed by atoms with E-state index in [-0.39, 0.29) is 18.3 Å². The van der Waals surface area contributed by atoms with Gasteiger partial charge in [-0.3, -0.25) is 4.79 Å². The van der Waals surface area contributed by atoms with Crippen LogP contribution in [0, 0.1) is 19.8 Å². The number of rotatable bonds is 6. The molecule has 1 aliphatic heterocycles. The quantitative estimate of drug-likeness (QED) is 0.707. The molecule has 1 unspecified atom stereocenters. The number of carbonyl (C=O) groups is 1. The number of hydrogen-bond acceptors (Lipinski definition) is 3. The van der Waals surface area contributed by atoms with Crippen LogP contribution in [0.4, 0.5) is 0 Å². The lowest BCUT2D eigenvalue weighted by molar-refractivity contribution is -0.118. The van der Waals surface area contributed by atoms with Crippen LogP contribution in [-0.4, -0.2) is 31.3 Å². The monoisotopic (exact) mass is 406 g/mol. The Morgan fingerprint density at radius 2 is 2.18 bits per heavy atom. The third-order valence-corrected chi connectivity index (χ3v) is 5.86. The fourth-order valence-electron chi connectivity index (χ4n) is 2.48. The molecule has 1 aliphatic rings. The lowest BCUT2D eigenvalue weighted by atomic mass is 10.1. The molecule has 0 spiro atoms. The number of amides is 1. The van der Waals surface area contributed by atoms with E-state index in [4.69, 9.17) is 0 Å². The summed E-state index contributed by atoms with van der Waals surface area (Å²) in [5.41, 5.74) is 2.42. The second kappa shape index (κ2) is 9.81. The molecule has 22 heavy (non-hydrogen) atoms. The van der Waals surface area contributed by atoms with Gasteiger partial charge in [0.05, 0.1) is 5.75 Å². The molecule has 6 heteroatoms. The molecular formula is C16H24BrClN2OS. The topological polar surface area (TPSA) is 41.1 Å². The highest BCUT2D eigenvalue weighted by atomic mass is 79.9. The first-order chi connectivity index (χ1) is 10.1. The van der Waals surface area contributed by atoms with Gasteiger partial charge in [0.1, 0.15) is 0 Å². The van der Waals surface area contributed by atoms with E-state index in [2.05, 4.69) is 52.5 Å². The lowest BCUT2D eigenvalue weighted by Gasteiger charge is -2.11. The van der Waals surface area contributed by atoms with Gasteiger partial charge >= 0.3 is 0 Å². The molecule has 124 valence electrons. The molecule has 0 radical (unpaired) electrons. The van der Waals surface area contributed by atoms with Crippen molar-refractivity contribution in [2.75, 3.05) is 25.4 Å². The molecule has 1 aromatic carbocycles. The number of halogens is 2. The predicted octanol–water partition coefficient (Wildman–Crippen LogP) is 3.70. The summed E-state index contributed by atoms with van der Waals surface area (Å²) in [5, 5.41) is 6.38. The van der Waals surface area contributed by atoms with Crippen molar-refractivity contribution in [2.45, 2.75) is 31.6 Å². The fraction of sp³-hybridized carbons (Fsp3) is 0.562. The maximum Gasteiger partial charge on any atom is 0.230 e. The smallest absolute Gasteiger partial charge is 0.230 e. The summed E-state index contributed by atoms with van der Waals surface area (Å²) in [6.07, 6.45) is 2.32.